The first-order chi connectivity index (χ1) is 13.6. The van der Waals surface area contributed by atoms with E-state index >= 15 is 0 Å². The summed E-state index contributed by atoms with van der Waals surface area (Å²) in [6.45, 7) is 4.96. The molecule has 0 aliphatic carbocycles. The number of nitrogens with zero attached hydrogens (tertiary/aromatic N) is 1. The van der Waals surface area contributed by atoms with Gasteiger partial charge in [0.2, 0.25) is 0 Å². The van der Waals surface area contributed by atoms with E-state index in [1.165, 1.54) is 0 Å². The van der Waals surface area contributed by atoms with E-state index in [0.29, 0.717) is 29.5 Å². The molecule has 0 saturated heterocycles. The van der Waals surface area contributed by atoms with Gasteiger partial charge in [-0.25, -0.2) is 5.43 Å². The van der Waals surface area contributed by atoms with Gasteiger partial charge in [-0.05, 0) is 61.0 Å². The summed E-state index contributed by atoms with van der Waals surface area (Å²) in [5, 5.41) is 6.57. The number of hydrazone groups is 1. The minimum atomic E-state index is -0.341. The van der Waals surface area contributed by atoms with E-state index in [1.807, 2.05) is 44.2 Å². The van der Waals surface area contributed by atoms with Gasteiger partial charge in [-0.1, -0.05) is 29.8 Å². The van der Waals surface area contributed by atoms with Gasteiger partial charge < -0.3 is 9.47 Å². The number of nitrogens with one attached hydrogen (secondary N) is 1. The van der Waals surface area contributed by atoms with Gasteiger partial charge in [-0.3, -0.25) is 4.79 Å². The van der Waals surface area contributed by atoms with Crippen LogP contribution < -0.4 is 14.9 Å². The first-order valence-corrected chi connectivity index (χ1v) is 9.41. The van der Waals surface area contributed by atoms with Crippen LogP contribution in [0.5, 0.6) is 11.5 Å². The van der Waals surface area contributed by atoms with Crippen molar-refractivity contribution in [3.8, 4) is 11.5 Å². The normalized spacial score (nSPS) is 11.0. The highest BCUT2D eigenvalue weighted by Gasteiger charge is 2.09. The minimum absolute atomic E-state index is 0.341. The second-order valence-corrected chi connectivity index (χ2v) is 6.37. The van der Waals surface area contributed by atoms with Gasteiger partial charge in [-0.2, -0.15) is 5.10 Å². The van der Waals surface area contributed by atoms with Gasteiger partial charge >= 0.3 is 0 Å². The molecular weight excluding hydrogens is 376 g/mol. The zero-order valence-corrected chi connectivity index (χ0v) is 16.5. The van der Waals surface area contributed by atoms with Crippen molar-refractivity contribution in [1.29, 1.82) is 0 Å². The topological polar surface area (TPSA) is 59.9 Å². The lowest BCUT2D eigenvalue weighted by Crippen LogP contribution is -2.17. The molecule has 0 aromatic heterocycles. The highest BCUT2D eigenvalue weighted by atomic mass is 35.5. The molecule has 1 N–H and O–H groups in total. The molecule has 0 unspecified atom stereocenters. The SMILES string of the molecule is CCOc1ccc2ccc(OCC)c(/C=N/NC(=O)c3cccc(Cl)c3)c2c1. The summed E-state index contributed by atoms with van der Waals surface area (Å²) < 4.78 is 11.4. The van der Waals surface area contributed by atoms with Crippen LogP contribution in [-0.2, 0) is 0 Å². The van der Waals surface area contributed by atoms with Crippen LogP contribution in [0.2, 0.25) is 5.02 Å². The van der Waals surface area contributed by atoms with Crippen LogP contribution in [0.15, 0.2) is 59.7 Å². The van der Waals surface area contributed by atoms with Crippen molar-refractivity contribution in [3.63, 3.8) is 0 Å². The number of ether oxygens (including phenoxy) is 2. The summed E-state index contributed by atoms with van der Waals surface area (Å²) in [7, 11) is 0. The third kappa shape index (κ3) is 4.61. The predicted molar refractivity (Wildman–Crippen MR) is 113 cm³/mol. The molecule has 6 heteroatoms. The van der Waals surface area contributed by atoms with E-state index in [4.69, 9.17) is 21.1 Å². The van der Waals surface area contributed by atoms with Crippen LogP contribution in [0.1, 0.15) is 29.8 Å². The third-order valence-corrected chi connectivity index (χ3v) is 4.29. The molecule has 0 aliphatic heterocycles. The number of fused-ring (bicyclic) bond motifs is 1. The smallest absolute Gasteiger partial charge is 0.271 e. The van der Waals surface area contributed by atoms with E-state index < -0.39 is 0 Å². The van der Waals surface area contributed by atoms with Gasteiger partial charge in [-0.15, -0.1) is 0 Å². The maximum Gasteiger partial charge on any atom is 0.271 e. The lowest BCUT2D eigenvalue weighted by Gasteiger charge is -2.12. The second kappa shape index (κ2) is 9.24. The zero-order valence-electron chi connectivity index (χ0n) is 15.7. The van der Waals surface area contributed by atoms with Crippen LogP contribution >= 0.6 is 11.6 Å². The average molecular weight is 397 g/mol. The van der Waals surface area contributed by atoms with E-state index in [0.717, 1.165) is 22.1 Å². The number of rotatable bonds is 7. The Morgan fingerprint density at radius 1 is 1.07 bits per heavy atom. The van der Waals surface area contributed by atoms with E-state index in [-0.39, 0.29) is 5.91 Å². The Labute approximate surface area is 168 Å². The highest BCUT2D eigenvalue weighted by Crippen LogP contribution is 2.30. The van der Waals surface area contributed by atoms with Crippen molar-refractivity contribution >= 4 is 34.5 Å². The first kappa shape index (κ1) is 19.7. The van der Waals surface area contributed by atoms with Crippen LogP contribution in [0.3, 0.4) is 0 Å². The van der Waals surface area contributed by atoms with E-state index in [1.54, 1.807) is 30.5 Å². The fraction of sp³-hybridized carbons (Fsp3) is 0.182. The van der Waals surface area contributed by atoms with Gasteiger partial charge in [0.25, 0.3) is 5.91 Å². The summed E-state index contributed by atoms with van der Waals surface area (Å²) in [5.74, 6) is 1.11. The Bertz CT molecular complexity index is 1010. The Kier molecular flexibility index (Phi) is 6.50. The first-order valence-electron chi connectivity index (χ1n) is 9.03. The number of hydrogen-bond donors (Lipinski definition) is 1. The Balaban J connectivity index is 1.92. The van der Waals surface area contributed by atoms with Crippen molar-refractivity contribution < 1.29 is 14.3 Å². The predicted octanol–water partition coefficient (Wildman–Crippen LogP) is 5.05. The zero-order chi connectivity index (χ0) is 19.9. The molecule has 0 atom stereocenters. The summed E-state index contributed by atoms with van der Waals surface area (Å²) in [6, 6.07) is 16.4. The molecule has 0 saturated carbocycles. The maximum absolute atomic E-state index is 12.3. The number of hydrogen-bond acceptors (Lipinski definition) is 4. The van der Waals surface area contributed by atoms with Crippen molar-refractivity contribution in [1.82, 2.24) is 5.43 Å². The van der Waals surface area contributed by atoms with Crippen LogP contribution in [0.25, 0.3) is 10.8 Å². The molecule has 0 heterocycles. The summed E-state index contributed by atoms with van der Waals surface area (Å²) in [5.41, 5.74) is 3.74. The number of halogens is 1. The van der Waals surface area contributed by atoms with Crippen LogP contribution in [0, 0.1) is 0 Å². The monoisotopic (exact) mass is 396 g/mol. The number of benzene rings is 3. The van der Waals surface area contributed by atoms with Gasteiger partial charge in [0.15, 0.2) is 0 Å². The second-order valence-electron chi connectivity index (χ2n) is 5.94. The number of carbonyl (C=O) groups excluding carboxylic acids is 1. The molecule has 5 nitrogen and oxygen atoms in total. The quantitative estimate of drug-likeness (QED) is 0.448. The van der Waals surface area contributed by atoms with Gasteiger partial charge in [0.1, 0.15) is 11.5 Å². The van der Waals surface area contributed by atoms with Gasteiger partial charge in [0, 0.05) is 16.1 Å². The fourth-order valence-corrected chi connectivity index (χ4v) is 3.01. The Morgan fingerprint density at radius 2 is 1.86 bits per heavy atom. The number of amides is 1. The van der Waals surface area contributed by atoms with Crippen molar-refractivity contribution in [2.75, 3.05) is 13.2 Å². The third-order valence-electron chi connectivity index (χ3n) is 4.05. The van der Waals surface area contributed by atoms with Crippen molar-refractivity contribution in [2.45, 2.75) is 13.8 Å². The van der Waals surface area contributed by atoms with E-state index in [9.17, 15) is 4.79 Å². The largest absolute Gasteiger partial charge is 0.494 e. The molecule has 3 aromatic carbocycles. The Hall–Kier alpha value is -3.05. The van der Waals surface area contributed by atoms with Crippen molar-refractivity contribution in [3.05, 3.63) is 70.7 Å². The molecule has 28 heavy (non-hydrogen) atoms. The fourth-order valence-electron chi connectivity index (χ4n) is 2.82. The molecule has 0 aliphatic rings. The van der Waals surface area contributed by atoms with Crippen LogP contribution in [-0.4, -0.2) is 25.3 Å². The van der Waals surface area contributed by atoms with Crippen LogP contribution in [0.4, 0.5) is 0 Å². The lowest BCUT2D eigenvalue weighted by atomic mass is 10.0. The standard InChI is InChI=1S/C22H21ClN2O3/c1-3-27-18-10-8-15-9-11-21(28-4-2)20(19(15)13-18)14-24-25-22(26)16-6-5-7-17(23)12-16/h5-14H,3-4H2,1-2H3,(H,25,26)/b24-14+. The highest BCUT2D eigenvalue weighted by molar-refractivity contribution is 6.30. The molecule has 3 aromatic rings. The molecule has 0 radical (unpaired) electrons. The summed E-state index contributed by atoms with van der Waals surface area (Å²) >= 11 is 5.93. The summed E-state index contributed by atoms with van der Waals surface area (Å²) in [6.07, 6.45) is 1.59. The average Bonchev–Trinajstić information content (AvgIpc) is 2.69. The lowest BCUT2D eigenvalue weighted by molar-refractivity contribution is 0.0955. The molecular formula is C22H21ClN2O3. The molecule has 0 fully saturated rings. The van der Waals surface area contributed by atoms with Gasteiger partial charge in [0.05, 0.1) is 19.4 Å². The van der Waals surface area contributed by atoms with Crippen molar-refractivity contribution in [2.24, 2.45) is 5.10 Å². The molecule has 144 valence electrons. The number of carbonyl (C=O) groups is 1. The minimum Gasteiger partial charge on any atom is -0.494 e. The Morgan fingerprint density at radius 3 is 2.61 bits per heavy atom. The molecule has 3 rings (SSSR count). The molecule has 1 amide bonds. The maximum atomic E-state index is 12.3. The summed E-state index contributed by atoms with van der Waals surface area (Å²) in [4.78, 5) is 12.3. The molecule has 0 bridgehead atoms. The molecule has 0 spiro atoms. The van der Waals surface area contributed by atoms with E-state index in [2.05, 4.69) is 10.5 Å².